The molecule has 0 aliphatic heterocycles. The Morgan fingerprint density at radius 2 is 1.96 bits per heavy atom. The number of aryl methyl sites for hydroxylation is 1. The number of halogens is 2. The number of carbonyl (C=O) groups is 2. The quantitative estimate of drug-likeness (QED) is 0.513. The van der Waals surface area contributed by atoms with E-state index in [1.54, 1.807) is 18.5 Å². The van der Waals surface area contributed by atoms with Gasteiger partial charge in [-0.15, -0.1) is 0 Å². The number of carbonyl (C=O) groups excluding carboxylic acids is 2. The van der Waals surface area contributed by atoms with Crippen molar-refractivity contribution in [2.24, 2.45) is 0 Å². The van der Waals surface area contributed by atoms with E-state index < -0.39 is 0 Å². The Labute approximate surface area is 167 Å². The first-order chi connectivity index (χ1) is 12.4. The van der Waals surface area contributed by atoms with Gasteiger partial charge in [0.25, 0.3) is 5.91 Å². The predicted molar refractivity (Wildman–Crippen MR) is 108 cm³/mol. The van der Waals surface area contributed by atoms with E-state index in [-0.39, 0.29) is 24.8 Å². The highest BCUT2D eigenvalue weighted by atomic mass is 79.9. The van der Waals surface area contributed by atoms with Gasteiger partial charge in [-0.1, -0.05) is 6.07 Å². The summed E-state index contributed by atoms with van der Waals surface area (Å²) < 4.78 is 1.77. The first-order valence-electron chi connectivity index (χ1n) is 7.91. The number of nitrogens with zero attached hydrogens (tertiary/aromatic N) is 1. The molecule has 0 bridgehead atoms. The number of amides is 2. The number of fused-ring (bicyclic) bond motifs is 1. The molecule has 0 saturated carbocycles. The van der Waals surface area contributed by atoms with Crippen molar-refractivity contribution in [1.82, 2.24) is 15.3 Å². The Bertz CT molecular complexity index is 967. The van der Waals surface area contributed by atoms with Crippen LogP contribution in [-0.4, -0.2) is 28.3 Å². The first kappa shape index (κ1) is 18.6. The molecule has 2 amide bonds. The highest BCUT2D eigenvalue weighted by Crippen LogP contribution is 2.30. The second kappa shape index (κ2) is 8.01. The molecule has 2 aromatic heterocycles. The van der Waals surface area contributed by atoms with Gasteiger partial charge in [0.1, 0.15) is 5.82 Å². The molecule has 2 heterocycles. The molecule has 0 unspecified atom stereocenters. The largest absolute Gasteiger partial charge is 0.360 e. The molecule has 0 atom stereocenters. The molecule has 3 rings (SSSR count). The fourth-order valence-corrected chi connectivity index (χ4v) is 3.12. The standard InChI is InChI=1S/C18H16Br2N4O2/c1-10-2-3-16(23-8-10)24-17(25)4-5-21-18(26)12-9-22-15-7-14(20)13(19)6-11(12)15/h2-3,6-9,22H,4-5H2,1H3,(H,21,26)(H,23,24,25). The van der Waals surface area contributed by atoms with Crippen LogP contribution in [0.1, 0.15) is 22.3 Å². The summed E-state index contributed by atoms with van der Waals surface area (Å²) in [6.45, 7) is 2.16. The molecule has 3 N–H and O–H groups in total. The van der Waals surface area contributed by atoms with Crippen LogP contribution in [0.2, 0.25) is 0 Å². The van der Waals surface area contributed by atoms with E-state index in [1.165, 1.54) is 0 Å². The molecular formula is C18H16Br2N4O2. The molecule has 26 heavy (non-hydrogen) atoms. The van der Waals surface area contributed by atoms with Crippen LogP contribution in [0.25, 0.3) is 10.9 Å². The van der Waals surface area contributed by atoms with Crippen LogP contribution < -0.4 is 10.6 Å². The van der Waals surface area contributed by atoms with E-state index in [2.05, 4.69) is 52.5 Å². The summed E-state index contributed by atoms with van der Waals surface area (Å²) in [6, 6.07) is 7.39. The fraction of sp³-hybridized carbons (Fsp3) is 0.167. The van der Waals surface area contributed by atoms with E-state index in [0.717, 1.165) is 25.4 Å². The van der Waals surface area contributed by atoms with E-state index in [0.29, 0.717) is 11.4 Å². The van der Waals surface area contributed by atoms with Gasteiger partial charge in [0.05, 0.1) is 5.56 Å². The summed E-state index contributed by atoms with van der Waals surface area (Å²) in [7, 11) is 0. The van der Waals surface area contributed by atoms with E-state index >= 15 is 0 Å². The zero-order chi connectivity index (χ0) is 18.7. The first-order valence-corrected chi connectivity index (χ1v) is 9.49. The number of hydrogen-bond donors (Lipinski definition) is 3. The second-order valence-electron chi connectivity index (χ2n) is 5.79. The van der Waals surface area contributed by atoms with Gasteiger partial charge in [-0.05, 0) is 62.5 Å². The average Bonchev–Trinajstić information content (AvgIpc) is 3.00. The van der Waals surface area contributed by atoms with E-state index in [4.69, 9.17) is 0 Å². The summed E-state index contributed by atoms with van der Waals surface area (Å²) in [4.78, 5) is 31.5. The van der Waals surface area contributed by atoms with Gasteiger partial charge >= 0.3 is 0 Å². The van der Waals surface area contributed by atoms with Crippen LogP contribution in [0, 0.1) is 6.92 Å². The molecule has 1 aromatic carbocycles. The van der Waals surface area contributed by atoms with Crippen molar-refractivity contribution in [3.05, 3.63) is 56.7 Å². The normalized spacial score (nSPS) is 10.7. The molecule has 8 heteroatoms. The molecular weight excluding hydrogens is 464 g/mol. The van der Waals surface area contributed by atoms with Crippen LogP contribution in [0.5, 0.6) is 0 Å². The zero-order valence-corrected chi connectivity index (χ0v) is 17.1. The number of aromatic amines is 1. The van der Waals surface area contributed by atoms with Crippen LogP contribution in [-0.2, 0) is 4.79 Å². The van der Waals surface area contributed by atoms with Crippen molar-refractivity contribution in [2.75, 3.05) is 11.9 Å². The van der Waals surface area contributed by atoms with Gasteiger partial charge in [0.2, 0.25) is 5.91 Å². The predicted octanol–water partition coefficient (Wildman–Crippen LogP) is 4.15. The van der Waals surface area contributed by atoms with Gasteiger partial charge in [-0.2, -0.15) is 0 Å². The molecule has 0 aliphatic carbocycles. The third kappa shape index (κ3) is 4.31. The molecule has 0 saturated heterocycles. The van der Waals surface area contributed by atoms with Crippen LogP contribution in [0.4, 0.5) is 5.82 Å². The molecule has 0 aliphatic rings. The lowest BCUT2D eigenvalue weighted by Crippen LogP contribution is -2.27. The van der Waals surface area contributed by atoms with Crippen molar-refractivity contribution in [3.8, 4) is 0 Å². The fourth-order valence-electron chi connectivity index (χ4n) is 2.44. The number of benzene rings is 1. The van der Waals surface area contributed by atoms with Crippen LogP contribution >= 0.6 is 31.9 Å². The Hall–Kier alpha value is -2.19. The number of H-pyrrole nitrogens is 1. The smallest absolute Gasteiger partial charge is 0.253 e. The summed E-state index contributed by atoms with van der Waals surface area (Å²) in [5.74, 6) is 0.0676. The van der Waals surface area contributed by atoms with Gasteiger partial charge in [-0.3, -0.25) is 9.59 Å². The van der Waals surface area contributed by atoms with E-state index in [1.807, 2.05) is 25.1 Å². The monoisotopic (exact) mass is 478 g/mol. The Morgan fingerprint density at radius 1 is 1.19 bits per heavy atom. The maximum Gasteiger partial charge on any atom is 0.253 e. The molecule has 0 radical (unpaired) electrons. The Morgan fingerprint density at radius 3 is 2.69 bits per heavy atom. The number of nitrogens with one attached hydrogen (secondary N) is 3. The highest BCUT2D eigenvalue weighted by molar-refractivity contribution is 9.13. The number of aromatic nitrogens is 2. The lowest BCUT2D eigenvalue weighted by Gasteiger charge is -2.06. The minimum Gasteiger partial charge on any atom is -0.360 e. The number of rotatable bonds is 5. The number of pyridine rings is 1. The van der Waals surface area contributed by atoms with Crippen molar-refractivity contribution < 1.29 is 9.59 Å². The molecule has 0 spiro atoms. The van der Waals surface area contributed by atoms with Gasteiger partial charge in [0, 0.05) is 45.2 Å². The SMILES string of the molecule is Cc1ccc(NC(=O)CCNC(=O)c2c[nH]c3cc(Br)c(Br)cc23)nc1. The molecule has 134 valence electrons. The summed E-state index contributed by atoms with van der Waals surface area (Å²) >= 11 is 6.88. The number of anilines is 1. The number of hydrogen-bond acceptors (Lipinski definition) is 3. The van der Waals surface area contributed by atoms with Crippen LogP contribution in [0.15, 0.2) is 45.6 Å². The average molecular weight is 480 g/mol. The zero-order valence-electron chi connectivity index (χ0n) is 13.9. The highest BCUT2D eigenvalue weighted by Gasteiger charge is 2.14. The maximum absolute atomic E-state index is 12.4. The van der Waals surface area contributed by atoms with Gasteiger partial charge < -0.3 is 15.6 Å². The molecule has 3 aromatic rings. The van der Waals surface area contributed by atoms with Crippen LogP contribution in [0.3, 0.4) is 0 Å². The summed E-state index contributed by atoms with van der Waals surface area (Å²) in [5.41, 5.74) is 2.41. The van der Waals surface area contributed by atoms with Crippen molar-refractivity contribution in [2.45, 2.75) is 13.3 Å². The summed E-state index contributed by atoms with van der Waals surface area (Å²) in [6.07, 6.45) is 3.51. The minimum absolute atomic E-state index is 0.166. The Balaban J connectivity index is 1.56. The van der Waals surface area contributed by atoms with Gasteiger partial charge in [0.15, 0.2) is 0 Å². The summed E-state index contributed by atoms with van der Waals surface area (Å²) in [5, 5.41) is 6.28. The van der Waals surface area contributed by atoms with Crippen molar-refractivity contribution >= 4 is 60.4 Å². The Kier molecular flexibility index (Phi) is 5.73. The second-order valence-corrected chi connectivity index (χ2v) is 7.50. The third-order valence-corrected chi connectivity index (χ3v) is 5.63. The molecule has 6 nitrogen and oxygen atoms in total. The van der Waals surface area contributed by atoms with Gasteiger partial charge in [-0.25, -0.2) is 4.98 Å². The molecule has 0 fully saturated rings. The topological polar surface area (TPSA) is 86.9 Å². The van der Waals surface area contributed by atoms with Crippen molar-refractivity contribution in [3.63, 3.8) is 0 Å². The lowest BCUT2D eigenvalue weighted by molar-refractivity contribution is -0.116. The van der Waals surface area contributed by atoms with E-state index in [9.17, 15) is 9.59 Å². The van der Waals surface area contributed by atoms with Crippen molar-refractivity contribution in [1.29, 1.82) is 0 Å². The maximum atomic E-state index is 12.4. The third-order valence-electron chi connectivity index (χ3n) is 3.78. The minimum atomic E-state index is -0.230. The lowest BCUT2D eigenvalue weighted by atomic mass is 10.1.